The molecule has 0 fully saturated rings. The number of methoxy groups -OCH3 is 2. The Morgan fingerprint density at radius 3 is 2.41 bits per heavy atom. The molecule has 0 bridgehead atoms. The number of hydrogen-bond donors (Lipinski definition) is 1. The number of carbonyl (C=O) groups excluding carboxylic acids is 2. The van der Waals surface area contributed by atoms with Gasteiger partial charge in [0, 0.05) is 16.2 Å². The molecule has 142 valence electrons. The van der Waals surface area contributed by atoms with Gasteiger partial charge in [-0.3, -0.25) is 4.79 Å². The van der Waals surface area contributed by atoms with E-state index in [1.54, 1.807) is 43.3 Å². The van der Waals surface area contributed by atoms with Gasteiger partial charge in [0.1, 0.15) is 0 Å². The van der Waals surface area contributed by atoms with Crippen molar-refractivity contribution < 1.29 is 23.8 Å². The van der Waals surface area contributed by atoms with Crippen molar-refractivity contribution in [3.8, 4) is 11.5 Å². The van der Waals surface area contributed by atoms with E-state index < -0.39 is 12.1 Å². The van der Waals surface area contributed by atoms with E-state index in [1.165, 1.54) is 20.3 Å². The van der Waals surface area contributed by atoms with Crippen molar-refractivity contribution >= 4 is 39.6 Å². The van der Waals surface area contributed by atoms with Crippen molar-refractivity contribution in [1.82, 2.24) is 0 Å². The van der Waals surface area contributed by atoms with Crippen LogP contribution in [0.1, 0.15) is 12.5 Å². The Morgan fingerprint density at radius 2 is 1.78 bits per heavy atom. The number of hydrogen-bond acceptors (Lipinski definition) is 5. The molecule has 1 unspecified atom stereocenters. The molecule has 0 radical (unpaired) electrons. The van der Waals surface area contributed by atoms with Crippen LogP contribution in [0.3, 0.4) is 0 Å². The van der Waals surface area contributed by atoms with Gasteiger partial charge in [-0.25, -0.2) is 4.79 Å². The summed E-state index contributed by atoms with van der Waals surface area (Å²) in [7, 11) is 2.81. The van der Waals surface area contributed by atoms with Crippen LogP contribution >= 0.6 is 15.9 Å². The van der Waals surface area contributed by atoms with Gasteiger partial charge in [-0.05, 0) is 55.0 Å². The van der Waals surface area contributed by atoms with E-state index in [2.05, 4.69) is 26.0 Å². The van der Waals surface area contributed by atoms with Gasteiger partial charge in [0.05, 0.1) is 14.2 Å². The zero-order valence-corrected chi connectivity index (χ0v) is 16.8. The summed E-state index contributed by atoms with van der Waals surface area (Å²) < 4.78 is 16.5. The monoisotopic (exact) mass is 433 g/mol. The number of benzene rings is 2. The number of nitrogens with one attached hydrogen (secondary N) is 1. The molecule has 1 amide bonds. The lowest BCUT2D eigenvalue weighted by Gasteiger charge is -2.17. The lowest BCUT2D eigenvalue weighted by molar-refractivity contribution is -0.134. The van der Waals surface area contributed by atoms with E-state index in [-0.39, 0.29) is 5.91 Å². The minimum absolute atomic E-state index is 0.283. The first-order chi connectivity index (χ1) is 12.9. The largest absolute Gasteiger partial charge is 0.493 e. The summed E-state index contributed by atoms with van der Waals surface area (Å²) >= 11 is 3.35. The van der Waals surface area contributed by atoms with Crippen molar-refractivity contribution in [1.29, 1.82) is 0 Å². The van der Waals surface area contributed by atoms with Crippen molar-refractivity contribution in [2.75, 3.05) is 19.5 Å². The molecule has 2 rings (SSSR count). The molecule has 0 heterocycles. The fraction of sp³-hybridized carbons (Fsp3) is 0.200. The van der Waals surface area contributed by atoms with Crippen LogP contribution in [0, 0.1) is 0 Å². The standard InChI is InChI=1S/C20H20BrNO5/c1-13(20(24)22-16-8-6-15(21)7-9-16)27-17-10-4-14(12-18(17)25-2)5-11-19(23)26-3/h4-13H,1-3H3,(H,22,24)/b11-5+. The smallest absolute Gasteiger partial charge is 0.330 e. The van der Waals surface area contributed by atoms with Gasteiger partial charge in [0.25, 0.3) is 5.91 Å². The third-order valence-corrected chi connectivity index (χ3v) is 4.11. The number of halogens is 1. The Hall–Kier alpha value is -2.80. The number of esters is 1. The third-order valence-electron chi connectivity index (χ3n) is 3.59. The quantitative estimate of drug-likeness (QED) is 0.526. The summed E-state index contributed by atoms with van der Waals surface area (Å²) in [5.41, 5.74) is 1.41. The van der Waals surface area contributed by atoms with E-state index in [4.69, 9.17) is 9.47 Å². The molecule has 1 N–H and O–H groups in total. The first kappa shape index (κ1) is 20.5. The molecular weight excluding hydrogens is 414 g/mol. The molecular formula is C20H20BrNO5. The van der Waals surface area contributed by atoms with Crippen molar-refractivity contribution in [3.05, 3.63) is 58.6 Å². The Morgan fingerprint density at radius 1 is 1.07 bits per heavy atom. The maximum absolute atomic E-state index is 12.3. The van der Waals surface area contributed by atoms with Gasteiger partial charge in [0.2, 0.25) is 0 Å². The highest BCUT2D eigenvalue weighted by Gasteiger charge is 2.17. The van der Waals surface area contributed by atoms with E-state index in [0.717, 1.165) is 10.0 Å². The average Bonchev–Trinajstić information content (AvgIpc) is 2.68. The Kier molecular flexibility index (Phi) is 7.43. The second-order valence-corrected chi connectivity index (χ2v) is 6.44. The normalized spacial score (nSPS) is 11.7. The second kappa shape index (κ2) is 9.78. The molecule has 7 heteroatoms. The topological polar surface area (TPSA) is 73.9 Å². The lowest BCUT2D eigenvalue weighted by atomic mass is 10.2. The maximum atomic E-state index is 12.3. The van der Waals surface area contributed by atoms with Crippen molar-refractivity contribution in [3.63, 3.8) is 0 Å². The molecule has 0 spiro atoms. The first-order valence-electron chi connectivity index (χ1n) is 8.10. The molecule has 0 saturated carbocycles. The summed E-state index contributed by atoms with van der Waals surface area (Å²) in [6.07, 6.45) is 2.17. The predicted molar refractivity (Wildman–Crippen MR) is 107 cm³/mol. The van der Waals surface area contributed by atoms with Crippen molar-refractivity contribution in [2.45, 2.75) is 13.0 Å². The highest BCUT2D eigenvalue weighted by molar-refractivity contribution is 9.10. The lowest BCUT2D eigenvalue weighted by Crippen LogP contribution is -2.30. The van der Waals surface area contributed by atoms with E-state index in [1.807, 2.05) is 12.1 Å². The molecule has 0 aromatic heterocycles. The van der Waals surface area contributed by atoms with Crippen LogP contribution in [-0.2, 0) is 14.3 Å². The zero-order chi connectivity index (χ0) is 19.8. The predicted octanol–water partition coefficient (Wildman–Crippen LogP) is 4.05. The van der Waals surface area contributed by atoms with E-state index in [0.29, 0.717) is 17.2 Å². The van der Waals surface area contributed by atoms with Gasteiger partial charge in [-0.1, -0.05) is 22.0 Å². The Labute approximate surface area is 166 Å². The second-order valence-electron chi connectivity index (χ2n) is 5.52. The molecule has 0 aliphatic carbocycles. The van der Waals surface area contributed by atoms with Crippen molar-refractivity contribution in [2.24, 2.45) is 0 Å². The summed E-state index contributed by atoms with van der Waals surface area (Å²) in [4.78, 5) is 23.5. The van der Waals surface area contributed by atoms with Gasteiger partial charge < -0.3 is 19.5 Å². The van der Waals surface area contributed by atoms with E-state index >= 15 is 0 Å². The maximum Gasteiger partial charge on any atom is 0.330 e. The summed E-state index contributed by atoms with van der Waals surface area (Å²) in [6.45, 7) is 1.65. The summed E-state index contributed by atoms with van der Waals surface area (Å²) in [5, 5.41) is 2.79. The third kappa shape index (κ3) is 6.14. The van der Waals surface area contributed by atoms with Crippen LogP contribution < -0.4 is 14.8 Å². The van der Waals surface area contributed by atoms with Gasteiger partial charge in [-0.15, -0.1) is 0 Å². The van der Waals surface area contributed by atoms with E-state index in [9.17, 15) is 9.59 Å². The molecule has 2 aromatic carbocycles. The average molecular weight is 434 g/mol. The van der Waals surface area contributed by atoms with Crippen LogP contribution in [-0.4, -0.2) is 32.2 Å². The fourth-order valence-corrected chi connectivity index (χ4v) is 2.40. The molecule has 6 nitrogen and oxygen atoms in total. The molecule has 0 aliphatic rings. The Bertz CT molecular complexity index is 833. The van der Waals surface area contributed by atoms with Gasteiger partial charge >= 0.3 is 5.97 Å². The highest BCUT2D eigenvalue weighted by atomic mass is 79.9. The van der Waals surface area contributed by atoms with Crippen LogP contribution in [0.25, 0.3) is 6.08 Å². The minimum Gasteiger partial charge on any atom is -0.493 e. The minimum atomic E-state index is -0.737. The first-order valence-corrected chi connectivity index (χ1v) is 8.89. The molecule has 2 aromatic rings. The van der Waals surface area contributed by atoms with Crippen LogP contribution in [0.2, 0.25) is 0 Å². The molecule has 0 saturated heterocycles. The number of anilines is 1. The Balaban J connectivity index is 2.06. The molecule has 1 atom stereocenters. The fourth-order valence-electron chi connectivity index (χ4n) is 2.14. The number of rotatable bonds is 7. The molecule has 27 heavy (non-hydrogen) atoms. The molecule has 0 aliphatic heterocycles. The van der Waals surface area contributed by atoms with Gasteiger partial charge in [0.15, 0.2) is 17.6 Å². The SMILES string of the molecule is COC(=O)/C=C/c1ccc(OC(C)C(=O)Nc2ccc(Br)cc2)c(OC)c1. The van der Waals surface area contributed by atoms with Crippen LogP contribution in [0.15, 0.2) is 53.0 Å². The van der Waals surface area contributed by atoms with Gasteiger partial charge in [-0.2, -0.15) is 0 Å². The summed E-state index contributed by atoms with van der Waals surface area (Å²) in [5.74, 6) is 0.137. The van der Waals surface area contributed by atoms with Crippen LogP contribution in [0.5, 0.6) is 11.5 Å². The number of amides is 1. The summed E-state index contributed by atoms with van der Waals surface area (Å²) in [6, 6.07) is 12.4. The number of carbonyl (C=O) groups is 2. The van der Waals surface area contributed by atoms with Crippen LogP contribution in [0.4, 0.5) is 5.69 Å². The highest BCUT2D eigenvalue weighted by Crippen LogP contribution is 2.29. The number of ether oxygens (including phenoxy) is 3. The zero-order valence-electron chi connectivity index (χ0n) is 15.2.